The van der Waals surface area contributed by atoms with E-state index in [1.807, 2.05) is 30.5 Å². The number of piperidine rings is 1. The van der Waals surface area contributed by atoms with Crippen LogP contribution in [0.1, 0.15) is 30.1 Å². The molecule has 1 aromatic heterocycles. The maximum atomic E-state index is 10.2. The van der Waals surface area contributed by atoms with Crippen molar-refractivity contribution in [2.45, 2.75) is 31.5 Å². The molecule has 0 spiro atoms. The molecule has 1 fully saturated rings. The summed E-state index contributed by atoms with van der Waals surface area (Å²) in [7, 11) is 0. The standard InChI is InChI=1S/C18H24ClN3O2/c19-16-5-3-14(4-6-16)12-24-13-17(23)11-22-9-1-2-15(10-22)18-20-7-8-21-18/h3-8,15,17,23H,1-2,9-13H2,(H,20,21). The summed E-state index contributed by atoms with van der Waals surface area (Å²) in [6.07, 6.45) is 5.46. The Labute approximate surface area is 147 Å². The second kappa shape index (κ2) is 8.62. The van der Waals surface area contributed by atoms with Crippen molar-refractivity contribution in [1.82, 2.24) is 14.9 Å². The van der Waals surface area contributed by atoms with Gasteiger partial charge in [-0.15, -0.1) is 0 Å². The van der Waals surface area contributed by atoms with E-state index < -0.39 is 6.10 Å². The lowest BCUT2D eigenvalue weighted by Crippen LogP contribution is -2.41. The highest BCUT2D eigenvalue weighted by Gasteiger charge is 2.24. The molecule has 1 aliphatic heterocycles. The van der Waals surface area contributed by atoms with Crippen LogP contribution in [0.2, 0.25) is 5.02 Å². The number of rotatable bonds is 7. The van der Waals surface area contributed by atoms with Crippen molar-refractivity contribution >= 4 is 11.6 Å². The SMILES string of the molecule is OC(COCc1ccc(Cl)cc1)CN1CCCC(c2ncc[nH]2)C1. The van der Waals surface area contributed by atoms with Gasteiger partial charge in [0.25, 0.3) is 0 Å². The van der Waals surface area contributed by atoms with Crippen LogP contribution in [0, 0.1) is 0 Å². The van der Waals surface area contributed by atoms with E-state index in [9.17, 15) is 5.11 Å². The highest BCUT2D eigenvalue weighted by atomic mass is 35.5. The lowest BCUT2D eigenvalue weighted by molar-refractivity contribution is 0.00552. The van der Waals surface area contributed by atoms with Crippen molar-refractivity contribution in [1.29, 1.82) is 0 Å². The molecule has 0 saturated carbocycles. The van der Waals surface area contributed by atoms with Crippen LogP contribution >= 0.6 is 11.6 Å². The Morgan fingerprint density at radius 2 is 2.21 bits per heavy atom. The number of imidazole rings is 1. The van der Waals surface area contributed by atoms with E-state index in [1.165, 1.54) is 0 Å². The number of H-pyrrole nitrogens is 1. The van der Waals surface area contributed by atoms with E-state index in [2.05, 4.69) is 14.9 Å². The Kier molecular flexibility index (Phi) is 6.26. The summed E-state index contributed by atoms with van der Waals surface area (Å²) in [5, 5.41) is 10.9. The third-order valence-electron chi connectivity index (χ3n) is 4.37. The molecular weight excluding hydrogens is 326 g/mol. The Morgan fingerprint density at radius 1 is 1.38 bits per heavy atom. The predicted molar refractivity (Wildman–Crippen MR) is 94.1 cm³/mol. The summed E-state index contributed by atoms with van der Waals surface area (Å²) < 4.78 is 5.62. The van der Waals surface area contributed by atoms with Crippen molar-refractivity contribution < 1.29 is 9.84 Å². The number of hydrogen-bond acceptors (Lipinski definition) is 4. The molecule has 2 atom stereocenters. The Hall–Kier alpha value is -1.40. The van der Waals surface area contributed by atoms with Gasteiger partial charge in [0.15, 0.2) is 0 Å². The van der Waals surface area contributed by atoms with Gasteiger partial charge < -0.3 is 14.8 Å². The number of aliphatic hydroxyl groups excluding tert-OH is 1. The van der Waals surface area contributed by atoms with Gasteiger partial charge in [0, 0.05) is 36.4 Å². The molecule has 5 nitrogen and oxygen atoms in total. The Balaban J connectivity index is 1.39. The fourth-order valence-electron chi connectivity index (χ4n) is 3.19. The highest BCUT2D eigenvalue weighted by Crippen LogP contribution is 2.24. The number of aromatic nitrogens is 2. The summed E-state index contributed by atoms with van der Waals surface area (Å²) in [5.74, 6) is 1.48. The minimum atomic E-state index is -0.479. The topological polar surface area (TPSA) is 61.4 Å². The maximum Gasteiger partial charge on any atom is 0.110 e. The fourth-order valence-corrected chi connectivity index (χ4v) is 3.32. The van der Waals surface area contributed by atoms with Crippen LogP contribution < -0.4 is 0 Å². The number of nitrogens with one attached hydrogen (secondary N) is 1. The number of benzene rings is 1. The lowest BCUT2D eigenvalue weighted by atomic mass is 9.97. The number of aliphatic hydroxyl groups is 1. The minimum Gasteiger partial charge on any atom is -0.389 e. The first-order valence-corrected chi connectivity index (χ1v) is 8.80. The van der Waals surface area contributed by atoms with Gasteiger partial charge >= 0.3 is 0 Å². The molecule has 0 aliphatic carbocycles. The van der Waals surface area contributed by atoms with Crippen LogP contribution in [-0.2, 0) is 11.3 Å². The smallest absolute Gasteiger partial charge is 0.110 e. The van der Waals surface area contributed by atoms with Gasteiger partial charge in [-0.3, -0.25) is 4.90 Å². The number of likely N-dealkylation sites (tertiary alicyclic amines) is 1. The summed E-state index contributed by atoms with van der Waals surface area (Å²) in [4.78, 5) is 9.87. The van der Waals surface area contributed by atoms with E-state index in [0.29, 0.717) is 25.7 Å². The monoisotopic (exact) mass is 349 g/mol. The van der Waals surface area contributed by atoms with Crippen LogP contribution in [0.4, 0.5) is 0 Å². The summed E-state index contributed by atoms with van der Waals surface area (Å²) in [5.41, 5.74) is 1.06. The predicted octanol–water partition coefficient (Wildman–Crippen LogP) is 2.82. The molecule has 2 N–H and O–H groups in total. The first-order valence-electron chi connectivity index (χ1n) is 8.42. The summed E-state index contributed by atoms with van der Waals surface area (Å²) in [6, 6.07) is 7.57. The Morgan fingerprint density at radius 3 is 2.96 bits per heavy atom. The Bertz CT molecular complexity index is 603. The van der Waals surface area contributed by atoms with Crippen LogP contribution in [0.25, 0.3) is 0 Å². The van der Waals surface area contributed by atoms with E-state index in [0.717, 1.165) is 42.3 Å². The van der Waals surface area contributed by atoms with Crippen molar-refractivity contribution in [3.05, 3.63) is 53.1 Å². The lowest BCUT2D eigenvalue weighted by Gasteiger charge is -2.33. The molecule has 2 heterocycles. The van der Waals surface area contributed by atoms with Gasteiger partial charge in [0.2, 0.25) is 0 Å². The zero-order valence-electron chi connectivity index (χ0n) is 13.7. The molecule has 1 aliphatic rings. The molecule has 3 rings (SSSR count). The first kappa shape index (κ1) is 17.4. The number of aromatic amines is 1. The zero-order chi connectivity index (χ0) is 16.8. The van der Waals surface area contributed by atoms with Gasteiger partial charge in [-0.1, -0.05) is 23.7 Å². The molecule has 24 heavy (non-hydrogen) atoms. The number of β-amino-alcohol motifs (C(OH)–C–C–N with tert-alkyl or cyclic N) is 1. The van der Waals surface area contributed by atoms with E-state index in [1.54, 1.807) is 6.20 Å². The van der Waals surface area contributed by atoms with Gasteiger partial charge in [0.1, 0.15) is 5.82 Å². The normalized spacial score (nSPS) is 20.2. The molecule has 0 radical (unpaired) electrons. The van der Waals surface area contributed by atoms with Crippen molar-refractivity contribution in [2.24, 2.45) is 0 Å². The second-order valence-corrected chi connectivity index (χ2v) is 6.80. The fraction of sp³-hybridized carbons (Fsp3) is 0.500. The van der Waals surface area contributed by atoms with Crippen LogP contribution in [0.3, 0.4) is 0 Å². The molecule has 0 bridgehead atoms. The highest BCUT2D eigenvalue weighted by molar-refractivity contribution is 6.30. The summed E-state index contributed by atoms with van der Waals surface area (Å²) >= 11 is 5.86. The van der Waals surface area contributed by atoms with E-state index in [4.69, 9.17) is 16.3 Å². The third kappa shape index (κ3) is 5.05. The van der Waals surface area contributed by atoms with Crippen LogP contribution in [0.15, 0.2) is 36.7 Å². The van der Waals surface area contributed by atoms with Crippen molar-refractivity contribution in [2.75, 3.05) is 26.2 Å². The molecule has 130 valence electrons. The van der Waals surface area contributed by atoms with Crippen molar-refractivity contribution in [3.8, 4) is 0 Å². The molecular formula is C18H24ClN3O2. The van der Waals surface area contributed by atoms with Gasteiger partial charge in [0.05, 0.1) is 19.3 Å². The average Bonchev–Trinajstić information content (AvgIpc) is 3.11. The number of nitrogens with zero attached hydrogens (tertiary/aromatic N) is 2. The largest absolute Gasteiger partial charge is 0.389 e. The quantitative estimate of drug-likeness (QED) is 0.807. The van der Waals surface area contributed by atoms with Crippen molar-refractivity contribution in [3.63, 3.8) is 0 Å². The number of hydrogen-bond donors (Lipinski definition) is 2. The second-order valence-electron chi connectivity index (χ2n) is 6.37. The molecule has 6 heteroatoms. The summed E-state index contributed by atoms with van der Waals surface area (Å²) in [6.45, 7) is 3.42. The molecule has 0 amide bonds. The molecule has 1 saturated heterocycles. The van der Waals surface area contributed by atoms with Crippen LogP contribution in [0.5, 0.6) is 0 Å². The number of halogens is 1. The molecule has 2 aromatic rings. The third-order valence-corrected chi connectivity index (χ3v) is 4.62. The molecule has 2 unspecified atom stereocenters. The van der Waals surface area contributed by atoms with Gasteiger partial charge in [-0.25, -0.2) is 4.98 Å². The van der Waals surface area contributed by atoms with Gasteiger partial charge in [-0.05, 0) is 37.1 Å². The van der Waals surface area contributed by atoms with E-state index >= 15 is 0 Å². The van der Waals surface area contributed by atoms with Crippen LogP contribution in [-0.4, -0.2) is 52.3 Å². The van der Waals surface area contributed by atoms with Gasteiger partial charge in [-0.2, -0.15) is 0 Å². The number of ether oxygens (including phenoxy) is 1. The minimum absolute atomic E-state index is 0.338. The first-order chi connectivity index (χ1) is 11.7. The van der Waals surface area contributed by atoms with E-state index in [-0.39, 0.29) is 0 Å². The average molecular weight is 350 g/mol. The zero-order valence-corrected chi connectivity index (χ0v) is 14.5. The molecule has 1 aromatic carbocycles. The maximum absolute atomic E-state index is 10.2.